The molecule has 0 aromatic heterocycles. The van der Waals surface area contributed by atoms with E-state index in [9.17, 15) is 9.18 Å². The number of halogens is 1. The van der Waals surface area contributed by atoms with E-state index in [1.807, 2.05) is 0 Å². The van der Waals surface area contributed by atoms with Gasteiger partial charge in [-0.25, -0.2) is 4.39 Å². The Morgan fingerprint density at radius 2 is 2.25 bits per heavy atom. The quantitative estimate of drug-likeness (QED) is 0.819. The molecule has 1 unspecified atom stereocenters. The Hall–Kier alpha value is -1.62. The molecule has 0 radical (unpaired) electrons. The summed E-state index contributed by atoms with van der Waals surface area (Å²) >= 11 is 0. The minimum atomic E-state index is -1.03. The molecule has 1 rings (SSSR count). The van der Waals surface area contributed by atoms with Gasteiger partial charge in [-0.3, -0.25) is 4.79 Å². The van der Waals surface area contributed by atoms with E-state index in [1.54, 1.807) is 6.92 Å². The average molecular weight is 227 g/mol. The molecule has 0 heterocycles. The summed E-state index contributed by atoms with van der Waals surface area (Å²) in [6, 6.07) is 1.75. The van der Waals surface area contributed by atoms with Crippen molar-refractivity contribution >= 4 is 5.97 Å². The number of hydrogen-bond acceptors (Lipinski definition) is 3. The molecule has 88 valence electrons. The second-order valence-electron chi connectivity index (χ2n) is 3.55. The number of aliphatic carboxylic acids is 1. The molecular weight excluding hydrogens is 213 g/mol. The number of hydrogen-bond donors (Lipinski definition) is 2. The zero-order chi connectivity index (χ0) is 12.3. The van der Waals surface area contributed by atoms with Gasteiger partial charge in [-0.2, -0.15) is 0 Å². The van der Waals surface area contributed by atoms with Crippen molar-refractivity contribution in [2.45, 2.75) is 19.4 Å². The van der Waals surface area contributed by atoms with Crippen molar-refractivity contribution in [3.63, 3.8) is 0 Å². The molecular formula is C11H14FNO3. The number of nitrogens with two attached hydrogens (primary N) is 1. The third-order valence-corrected chi connectivity index (χ3v) is 2.27. The first-order chi connectivity index (χ1) is 7.45. The van der Waals surface area contributed by atoms with Gasteiger partial charge in [-0.05, 0) is 24.6 Å². The van der Waals surface area contributed by atoms with Crippen molar-refractivity contribution < 1.29 is 19.0 Å². The molecule has 5 heteroatoms. The fourth-order valence-corrected chi connectivity index (χ4v) is 1.61. The van der Waals surface area contributed by atoms with Gasteiger partial charge in [0, 0.05) is 11.6 Å². The summed E-state index contributed by atoms with van der Waals surface area (Å²) in [5, 5.41) is 8.63. The van der Waals surface area contributed by atoms with Crippen molar-refractivity contribution in [2.75, 3.05) is 7.11 Å². The van der Waals surface area contributed by atoms with E-state index < -0.39 is 17.8 Å². The molecule has 1 aromatic carbocycles. The van der Waals surface area contributed by atoms with Crippen LogP contribution < -0.4 is 10.5 Å². The molecule has 0 bridgehead atoms. The van der Waals surface area contributed by atoms with Gasteiger partial charge in [0.25, 0.3) is 0 Å². The highest BCUT2D eigenvalue weighted by Gasteiger charge is 2.18. The Kier molecular flexibility index (Phi) is 3.84. The second kappa shape index (κ2) is 4.94. The minimum Gasteiger partial charge on any atom is -0.496 e. The van der Waals surface area contributed by atoms with Crippen LogP contribution in [0.1, 0.15) is 23.6 Å². The van der Waals surface area contributed by atoms with Crippen LogP contribution in [0.5, 0.6) is 5.75 Å². The summed E-state index contributed by atoms with van der Waals surface area (Å²) in [4.78, 5) is 10.5. The van der Waals surface area contributed by atoms with E-state index in [1.165, 1.54) is 19.2 Å². The van der Waals surface area contributed by atoms with Crippen molar-refractivity contribution in [1.82, 2.24) is 0 Å². The van der Waals surface area contributed by atoms with Crippen molar-refractivity contribution in [2.24, 2.45) is 5.73 Å². The number of ether oxygens (including phenoxy) is 1. The first kappa shape index (κ1) is 12.4. The van der Waals surface area contributed by atoms with E-state index in [0.29, 0.717) is 16.9 Å². The molecule has 0 fully saturated rings. The van der Waals surface area contributed by atoms with Gasteiger partial charge >= 0.3 is 5.97 Å². The Morgan fingerprint density at radius 3 is 2.75 bits per heavy atom. The molecule has 1 aromatic rings. The SMILES string of the molecule is COc1c(C)cc(F)cc1C(N)CC(=O)O. The topological polar surface area (TPSA) is 72.5 Å². The molecule has 0 aliphatic carbocycles. The summed E-state index contributed by atoms with van der Waals surface area (Å²) in [5.74, 6) is -1.04. The summed E-state index contributed by atoms with van der Waals surface area (Å²) in [6.07, 6.45) is -0.265. The van der Waals surface area contributed by atoms with Crippen molar-refractivity contribution in [3.05, 3.63) is 29.1 Å². The lowest BCUT2D eigenvalue weighted by Crippen LogP contribution is -2.16. The zero-order valence-corrected chi connectivity index (χ0v) is 9.16. The van der Waals surface area contributed by atoms with Crippen molar-refractivity contribution in [3.8, 4) is 5.75 Å². The summed E-state index contributed by atoms with van der Waals surface area (Å²) < 4.78 is 18.3. The molecule has 0 spiro atoms. The first-order valence-electron chi connectivity index (χ1n) is 4.77. The largest absolute Gasteiger partial charge is 0.496 e. The number of methoxy groups -OCH3 is 1. The summed E-state index contributed by atoms with van der Waals surface area (Å²) in [5.41, 5.74) is 6.66. The number of aryl methyl sites for hydroxylation is 1. The fourth-order valence-electron chi connectivity index (χ4n) is 1.61. The highest BCUT2D eigenvalue weighted by molar-refractivity contribution is 5.68. The van der Waals surface area contributed by atoms with Crippen LogP contribution in [0.4, 0.5) is 4.39 Å². The van der Waals surface area contributed by atoms with Crippen LogP contribution in [-0.4, -0.2) is 18.2 Å². The highest BCUT2D eigenvalue weighted by Crippen LogP contribution is 2.30. The van der Waals surface area contributed by atoms with Gasteiger partial charge in [0.15, 0.2) is 0 Å². The normalized spacial score (nSPS) is 12.2. The van der Waals surface area contributed by atoms with E-state index in [0.717, 1.165) is 0 Å². The van der Waals surface area contributed by atoms with Gasteiger partial charge in [-0.15, -0.1) is 0 Å². The Morgan fingerprint density at radius 1 is 1.62 bits per heavy atom. The maximum absolute atomic E-state index is 13.2. The third-order valence-electron chi connectivity index (χ3n) is 2.27. The zero-order valence-electron chi connectivity index (χ0n) is 9.16. The Labute approximate surface area is 92.8 Å². The van der Waals surface area contributed by atoms with Crippen LogP contribution in [0.25, 0.3) is 0 Å². The van der Waals surface area contributed by atoms with Gasteiger partial charge in [0.05, 0.1) is 13.5 Å². The average Bonchev–Trinajstić information content (AvgIpc) is 2.15. The Bertz CT molecular complexity index is 406. The molecule has 3 N–H and O–H groups in total. The predicted molar refractivity (Wildman–Crippen MR) is 56.9 cm³/mol. The second-order valence-corrected chi connectivity index (χ2v) is 3.55. The molecule has 0 aliphatic rings. The van der Waals surface area contributed by atoms with Crippen LogP contribution >= 0.6 is 0 Å². The summed E-state index contributed by atoms with van der Waals surface area (Å²) in [6.45, 7) is 1.68. The van der Waals surface area contributed by atoms with E-state index >= 15 is 0 Å². The third kappa shape index (κ3) is 2.70. The molecule has 0 saturated heterocycles. The minimum absolute atomic E-state index is 0.265. The van der Waals surface area contributed by atoms with Crippen molar-refractivity contribution in [1.29, 1.82) is 0 Å². The molecule has 16 heavy (non-hydrogen) atoms. The molecule has 1 atom stereocenters. The van der Waals surface area contributed by atoms with Gasteiger partial charge in [0.2, 0.25) is 0 Å². The Balaban J connectivity index is 3.15. The summed E-state index contributed by atoms with van der Waals surface area (Å²) in [7, 11) is 1.44. The molecule has 0 aliphatic heterocycles. The lowest BCUT2D eigenvalue weighted by molar-refractivity contribution is -0.137. The standard InChI is InChI=1S/C11H14FNO3/c1-6-3-7(12)4-8(11(6)16-2)9(13)5-10(14)15/h3-4,9H,5,13H2,1-2H3,(H,14,15). The van der Waals surface area contributed by atoms with Crippen LogP contribution in [0, 0.1) is 12.7 Å². The van der Waals surface area contributed by atoms with Gasteiger partial charge < -0.3 is 15.6 Å². The van der Waals surface area contributed by atoms with E-state index in [4.69, 9.17) is 15.6 Å². The number of carbonyl (C=O) groups is 1. The van der Waals surface area contributed by atoms with Gasteiger partial charge in [0.1, 0.15) is 11.6 Å². The van der Waals surface area contributed by atoms with Crippen LogP contribution in [0.3, 0.4) is 0 Å². The molecule has 0 amide bonds. The maximum Gasteiger partial charge on any atom is 0.305 e. The molecule has 0 saturated carbocycles. The number of carboxylic acid groups (broad SMARTS) is 1. The lowest BCUT2D eigenvalue weighted by Gasteiger charge is -2.16. The maximum atomic E-state index is 13.2. The molecule has 4 nitrogen and oxygen atoms in total. The van der Waals surface area contributed by atoms with Crippen LogP contribution in [0.2, 0.25) is 0 Å². The number of carboxylic acids is 1. The van der Waals surface area contributed by atoms with Crippen LogP contribution in [-0.2, 0) is 4.79 Å². The fraction of sp³-hybridized carbons (Fsp3) is 0.364. The number of rotatable bonds is 4. The predicted octanol–water partition coefficient (Wildman–Crippen LogP) is 1.62. The number of benzene rings is 1. The van der Waals surface area contributed by atoms with Crippen LogP contribution in [0.15, 0.2) is 12.1 Å². The monoisotopic (exact) mass is 227 g/mol. The van der Waals surface area contributed by atoms with E-state index in [-0.39, 0.29) is 6.42 Å². The van der Waals surface area contributed by atoms with Gasteiger partial charge in [-0.1, -0.05) is 0 Å². The highest BCUT2D eigenvalue weighted by atomic mass is 19.1. The lowest BCUT2D eigenvalue weighted by atomic mass is 10.0. The van der Waals surface area contributed by atoms with E-state index in [2.05, 4.69) is 0 Å². The first-order valence-corrected chi connectivity index (χ1v) is 4.77. The smallest absolute Gasteiger partial charge is 0.305 e.